The van der Waals surface area contributed by atoms with Crippen molar-refractivity contribution in [3.8, 4) is 5.75 Å². The van der Waals surface area contributed by atoms with E-state index in [1.165, 1.54) is 11.1 Å². The minimum Gasteiger partial charge on any atom is -0.492 e. The maximum atomic E-state index is 5.98. The molecule has 0 aliphatic heterocycles. The van der Waals surface area contributed by atoms with Gasteiger partial charge in [-0.1, -0.05) is 32.9 Å². The average Bonchev–Trinajstić information content (AvgIpc) is 2.33. The molecule has 1 N–H and O–H groups in total. The monoisotopic (exact) mass is 249 g/mol. The first-order chi connectivity index (χ1) is 8.56. The summed E-state index contributed by atoms with van der Waals surface area (Å²) in [5, 5.41) is 3.55. The van der Waals surface area contributed by atoms with Gasteiger partial charge in [-0.15, -0.1) is 0 Å². The molecule has 0 fully saturated rings. The molecule has 0 aromatic heterocycles. The fraction of sp³-hybridized carbons (Fsp3) is 0.625. The van der Waals surface area contributed by atoms with Crippen LogP contribution in [0.5, 0.6) is 5.75 Å². The first-order valence-corrected chi connectivity index (χ1v) is 6.98. The zero-order chi connectivity index (χ0) is 13.5. The lowest BCUT2D eigenvalue weighted by atomic mass is 10.1. The van der Waals surface area contributed by atoms with Crippen molar-refractivity contribution in [3.63, 3.8) is 0 Å². The van der Waals surface area contributed by atoms with Crippen LogP contribution in [0.15, 0.2) is 18.2 Å². The van der Waals surface area contributed by atoms with Gasteiger partial charge in [-0.05, 0) is 49.9 Å². The summed E-state index contributed by atoms with van der Waals surface area (Å²) in [6.07, 6.45) is 1.16. The summed E-state index contributed by atoms with van der Waals surface area (Å²) in [6.45, 7) is 12.7. The molecule has 0 saturated heterocycles. The van der Waals surface area contributed by atoms with E-state index >= 15 is 0 Å². The molecular formula is C16H27NO. The highest BCUT2D eigenvalue weighted by molar-refractivity contribution is 5.38. The van der Waals surface area contributed by atoms with E-state index in [0.717, 1.165) is 25.3 Å². The van der Waals surface area contributed by atoms with Gasteiger partial charge >= 0.3 is 0 Å². The van der Waals surface area contributed by atoms with Gasteiger partial charge in [0, 0.05) is 6.04 Å². The lowest BCUT2D eigenvalue weighted by Gasteiger charge is -2.23. The highest BCUT2D eigenvalue weighted by atomic mass is 16.5. The Hall–Kier alpha value is -1.02. The van der Waals surface area contributed by atoms with Crippen LogP contribution in [-0.4, -0.2) is 19.2 Å². The second-order valence-electron chi connectivity index (χ2n) is 5.31. The largest absolute Gasteiger partial charge is 0.492 e. The van der Waals surface area contributed by atoms with Crippen molar-refractivity contribution in [3.05, 3.63) is 29.3 Å². The molecule has 18 heavy (non-hydrogen) atoms. The van der Waals surface area contributed by atoms with Gasteiger partial charge in [0.2, 0.25) is 0 Å². The van der Waals surface area contributed by atoms with Gasteiger partial charge in [0.1, 0.15) is 12.4 Å². The summed E-state index contributed by atoms with van der Waals surface area (Å²) in [4.78, 5) is 0. The van der Waals surface area contributed by atoms with Crippen LogP contribution in [0, 0.1) is 19.8 Å². The minimum atomic E-state index is 0.421. The summed E-state index contributed by atoms with van der Waals surface area (Å²) in [7, 11) is 0. The zero-order valence-electron chi connectivity index (χ0n) is 12.4. The summed E-state index contributed by atoms with van der Waals surface area (Å²) < 4.78 is 5.98. The van der Waals surface area contributed by atoms with Crippen LogP contribution in [0.25, 0.3) is 0 Å². The zero-order valence-corrected chi connectivity index (χ0v) is 12.4. The standard InChI is InChI=1S/C16H27NO/c1-6-10-17-15(12(2)3)11-18-16-9-7-8-13(4)14(16)5/h7-9,12,15,17H,6,10-11H2,1-5H3. The Morgan fingerprint density at radius 3 is 2.56 bits per heavy atom. The van der Waals surface area contributed by atoms with Gasteiger partial charge in [0.15, 0.2) is 0 Å². The van der Waals surface area contributed by atoms with Crippen LogP contribution in [0.1, 0.15) is 38.3 Å². The SMILES string of the molecule is CCCNC(COc1cccc(C)c1C)C(C)C. The van der Waals surface area contributed by atoms with E-state index in [1.54, 1.807) is 0 Å². The smallest absolute Gasteiger partial charge is 0.122 e. The number of benzene rings is 1. The van der Waals surface area contributed by atoms with Crippen molar-refractivity contribution < 1.29 is 4.74 Å². The van der Waals surface area contributed by atoms with Crippen molar-refractivity contribution in [2.75, 3.05) is 13.2 Å². The van der Waals surface area contributed by atoms with E-state index in [4.69, 9.17) is 4.74 Å². The minimum absolute atomic E-state index is 0.421. The lowest BCUT2D eigenvalue weighted by Crippen LogP contribution is -2.39. The first-order valence-electron chi connectivity index (χ1n) is 6.98. The van der Waals surface area contributed by atoms with Crippen LogP contribution in [0.2, 0.25) is 0 Å². The normalized spacial score (nSPS) is 12.8. The van der Waals surface area contributed by atoms with Crippen molar-refractivity contribution in [2.24, 2.45) is 5.92 Å². The number of aryl methyl sites for hydroxylation is 1. The first kappa shape index (κ1) is 15.0. The van der Waals surface area contributed by atoms with Crippen LogP contribution < -0.4 is 10.1 Å². The molecule has 2 nitrogen and oxygen atoms in total. The van der Waals surface area contributed by atoms with Gasteiger partial charge in [-0.3, -0.25) is 0 Å². The number of ether oxygens (including phenoxy) is 1. The highest BCUT2D eigenvalue weighted by Gasteiger charge is 2.13. The second kappa shape index (κ2) is 7.42. The molecule has 1 unspecified atom stereocenters. The van der Waals surface area contributed by atoms with Crippen molar-refractivity contribution in [1.82, 2.24) is 5.32 Å². The molecule has 0 saturated carbocycles. The molecule has 1 rings (SSSR count). The van der Waals surface area contributed by atoms with Gasteiger partial charge in [-0.2, -0.15) is 0 Å². The summed E-state index contributed by atoms with van der Waals surface area (Å²) in [5.74, 6) is 1.60. The number of hydrogen-bond acceptors (Lipinski definition) is 2. The fourth-order valence-electron chi connectivity index (χ4n) is 1.88. The van der Waals surface area contributed by atoms with Crippen LogP contribution >= 0.6 is 0 Å². The molecule has 1 aromatic rings. The third-order valence-electron chi connectivity index (χ3n) is 3.43. The van der Waals surface area contributed by atoms with E-state index < -0.39 is 0 Å². The molecule has 102 valence electrons. The summed E-state index contributed by atoms with van der Waals surface area (Å²) in [6, 6.07) is 6.66. The van der Waals surface area contributed by atoms with Crippen LogP contribution in [0.3, 0.4) is 0 Å². The molecule has 0 spiro atoms. The van der Waals surface area contributed by atoms with Crippen LogP contribution in [0.4, 0.5) is 0 Å². The Bertz CT molecular complexity index is 360. The Morgan fingerprint density at radius 2 is 1.94 bits per heavy atom. The summed E-state index contributed by atoms with van der Waals surface area (Å²) >= 11 is 0. The van der Waals surface area contributed by atoms with E-state index in [9.17, 15) is 0 Å². The van der Waals surface area contributed by atoms with Crippen molar-refractivity contribution >= 4 is 0 Å². The number of hydrogen-bond donors (Lipinski definition) is 1. The molecule has 0 aliphatic rings. The molecule has 0 aliphatic carbocycles. The Morgan fingerprint density at radius 1 is 1.22 bits per heavy atom. The van der Waals surface area contributed by atoms with E-state index in [2.05, 4.69) is 58.1 Å². The van der Waals surface area contributed by atoms with Crippen molar-refractivity contribution in [1.29, 1.82) is 0 Å². The highest BCUT2D eigenvalue weighted by Crippen LogP contribution is 2.21. The third-order valence-corrected chi connectivity index (χ3v) is 3.43. The third kappa shape index (κ3) is 4.34. The molecule has 2 heteroatoms. The number of rotatable bonds is 7. The quantitative estimate of drug-likeness (QED) is 0.795. The Balaban J connectivity index is 2.58. The molecule has 0 amide bonds. The topological polar surface area (TPSA) is 21.3 Å². The maximum absolute atomic E-state index is 5.98. The predicted molar refractivity (Wildman–Crippen MR) is 78.3 cm³/mol. The lowest BCUT2D eigenvalue weighted by molar-refractivity contribution is 0.229. The molecular weight excluding hydrogens is 222 g/mol. The van der Waals surface area contributed by atoms with Gasteiger partial charge in [0.25, 0.3) is 0 Å². The van der Waals surface area contributed by atoms with Gasteiger partial charge in [-0.25, -0.2) is 0 Å². The van der Waals surface area contributed by atoms with Gasteiger partial charge < -0.3 is 10.1 Å². The molecule has 1 aromatic carbocycles. The van der Waals surface area contributed by atoms with E-state index in [0.29, 0.717) is 12.0 Å². The fourth-order valence-corrected chi connectivity index (χ4v) is 1.88. The second-order valence-corrected chi connectivity index (χ2v) is 5.31. The maximum Gasteiger partial charge on any atom is 0.122 e. The molecule has 1 atom stereocenters. The number of nitrogens with one attached hydrogen (secondary N) is 1. The Kier molecular flexibility index (Phi) is 6.20. The van der Waals surface area contributed by atoms with E-state index in [1.807, 2.05) is 0 Å². The van der Waals surface area contributed by atoms with Crippen molar-refractivity contribution in [2.45, 2.75) is 47.1 Å². The Labute approximate surface area is 112 Å². The average molecular weight is 249 g/mol. The van der Waals surface area contributed by atoms with Crippen LogP contribution in [-0.2, 0) is 0 Å². The molecule has 0 bridgehead atoms. The van der Waals surface area contributed by atoms with Gasteiger partial charge in [0.05, 0.1) is 0 Å². The molecule has 0 heterocycles. The molecule has 0 radical (unpaired) electrons. The predicted octanol–water partition coefficient (Wildman–Crippen LogP) is 3.71. The summed E-state index contributed by atoms with van der Waals surface area (Å²) in [5.41, 5.74) is 2.53. The van der Waals surface area contributed by atoms with E-state index in [-0.39, 0.29) is 0 Å².